The van der Waals surface area contributed by atoms with Crippen LogP contribution in [0.2, 0.25) is 0 Å². The van der Waals surface area contributed by atoms with Crippen molar-refractivity contribution >= 4 is 23.8 Å². The van der Waals surface area contributed by atoms with E-state index in [1.165, 1.54) is 0 Å². The first-order valence-corrected chi connectivity index (χ1v) is 10.5. The van der Waals surface area contributed by atoms with Gasteiger partial charge in [-0.05, 0) is 24.6 Å². The normalized spacial score (nSPS) is 21.9. The molecule has 1 atom stereocenters. The summed E-state index contributed by atoms with van der Waals surface area (Å²) in [6, 6.07) is 4.47. The SMILES string of the molecule is CCOC(=O)C1=C(CN2CCSCC2)NC(=O)N[C@@H]1c1ccc2c(c1)OCO2. The van der Waals surface area contributed by atoms with Crippen molar-refractivity contribution in [3.8, 4) is 11.5 Å². The largest absolute Gasteiger partial charge is 0.463 e. The van der Waals surface area contributed by atoms with Crippen LogP contribution in [0.3, 0.4) is 0 Å². The summed E-state index contributed by atoms with van der Waals surface area (Å²) in [5.74, 6) is 2.90. The number of ether oxygens (including phenoxy) is 3. The van der Waals surface area contributed by atoms with Crippen LogP contribution in [0.4, 0.5) is 4.79 Å². The fourth-order valence-corrected chi connectivity index (χ4v) is 4.50. The van der Waals surface area contributed by atoms with Crippen LogP contribution >= 0.6 is 11.8 Å². The Balaban J connectivity index is 1.70. The van der Waals surface area contributed by atoms with E-state index in [2.05, 4.69) is 15.5 Å². The molecule has 0 radical (unpaired) electrons. The summed E-state index contributed by atoms with van der Waals surface area (Å²) in [5, 5.41) is 5.68. The highest BCUT2D eigenvalue weighted by Crippen LogP contribution is 2.37. The van der Waals surface area contributed by atoms with Crippen molar-refractivity contribution in [1.29, 1.82) is 0 Å². The molecule has 0 bridgehead atoms. The van der Waals surface area contributed by atoms with E-state index in [9.17, 15) is 9.59 Å². The van der Waals surface area contributed by atoms with Gasteiger partial charge in [0.05, 0.1) is 18.2 Å². The summed E-state index contributed by atoms with van der Waals surface area (Å²) in [7, 11) is 0. The molecule has 2 N–H and O–H groups in total. The van der Waals surface area contributed by atoms with Gasteiger partial charge in [-0.15, -0.1) is 0 Å². The smallest absolute Gasteiger partial charge is 0.338 e. The van der Waals surface area contributed by atoms with E-state index < -0.39 is 12.0 Å². The lowest BCUT2D eigenvalue weighted by Gasteiger charge is -2.33. The molecule has 2 amide bonds. The molecule has 1 saturated heterocycles. The van der Waals surface area contributed by atoms with Crippen molar-refractivity contribution in [2.75, 3.05) is 44.5 Å². The predicted octanol–water partition coefficient (Wildman–Crippen LogP) is 1.64. The lowest BCUT2D eigenvalue weighted by Crippen LogP contribution is -2.49. The zero-order valence-electron chi connectivity index (χ0n) is 15.7. The van der Waals surface area contributed by atoms with E-state index in [1.807, 2.05) is 17.8 Å². The van der Waals surface area contributed by atoms with Gasteiger partial charge in [-0.25, -0.2) is 9.59 Å². The highest BCUT2D eigenvalue weighted by Gasteiger charge is 2.35. The molecule has 1 aromatic rings. The van der Waals surface area contributed by atoms with E-state index in [-0.39, 0.29) is 19.4 Å². The predicted molar refractivity (Wildman–Crippen MR) is 104 cm³/mol. The number of rotatable bonds is 5. The average Bonchev–Trinajstić information content (AvgIpc) is 3.16. The van der Waals surface area contributed by atoms with Crippen LogP contribution in [0.5, 0.6) is 11.5 Å². The molecule has 0 aliphatic carbocycles. The van der Waals surface area contributed by atoms with Gasteiger partial charge in [-0.3, -0.25) is 4.90 Å². The molecule has 3 heterocycles. The minimum atomic E-state index is -0.614. The fraction of sp³-hybridized carbons (Fsp3) is 0.474. The molecular weight excluding hydrogens is 382 g/mol. The van der Waals surface area contributed by atoms with E-state index in [1.54, 1.807) is 19.1 Å². The van der Waals surface area contributed by atoms with Gasteiger partial charge >= 0.3 is 12.0 Å². The van der Waals surface area contributed by atoms with Gasteiger partial charge in [0.2, 0.25) is 6.79 Å². The van der Waals surface area contributed by atoms with Crippen LogP contribution in [-0.4, -0.2) is 61.4 Å². The molecule has 0 saturated carbocycles. The number of thioether (sulfide) groups is 1. The molecule has 28 heavy (non-hydrogen) atoms. The summed E-state index contributed by atoms with van der Waals surface area (Å²) in [6.07, 6.45) is 0. The van der Waals surface area contributed by atoms with Crippen molar-refractivity contribution in [1.82, 2.24) is 15.5 Å². The molecule has 9 heteroatoms. The summed E-state index contributed by atoms with van der Waals surface area (Å²) in [4.78, 5) is 27.4. The number of esters is 1. The third-order valence-electron chi connectivity index (χ3n) is 4.86. The van der Waals surface area contributed by atoms with Gasteiger partial charge < -0.3 is 24.8 Å². The number of benzene rings is 1. The maximum atomic E-state index is 12.8. The Kier molecular flexibility index (Phi) is 5.63. The Morgan fingerprint density at radius 3 is 2.86 bits per heavy atom. The lowest BCUT2D eigenvalue weighted by molar-refractivity contribution is -0.139. The summed E-state index contributed by atoms with van der Waals surface area (Å²) < 4.78 is 16.1. The second-order valence-electron chi connectivity index (χ2n) is 6.65. The number of hydrogen-bond acceptors (Lipinski definition) is 7. The molecule has 4 rings (SSSR count). The molecule has 3 aliphatic rings. The third-order valence-corrected chi connectivity index (χ3v) is 5.81. The topological polar surface area (TPSA) is 89.1 Å². The van der Waals surface area contributed by atoms with Gasteiger partial charge in [0.25, 0.3) is 0 Å². The molecule has 0 unspecified atom stereocenters. The van der Waals surface area contributed by atoms with Crippen LogP contribution in [-0.2, 0) is 9.53 Å². The van der Waals surface area contributed by atoms with E-state index in [4.69, 9.17) is 14.2 Å². The molecule has 3 aliphatic heterocycles. The van der Waals surface area contributed by atoms with Crippen LogP contribution in [0.25, 0.3) is 0 Å². The molecule has 8 nitrogen and oxygen atoms in total. The van der Waals surface area contributed by atoms with Crippen molar-refractivity contribution < 1.29 is 23.8 Å². The molecule has 1 aromatic carbocycles. The van der Waals surface area contributed by atoms with Crippen molar-refractivity contribution in [2.24, 2.45) is 0 Å². The van der Waals surface area contributed by atoms with Crippen LogP contribution < -0.4 is 20.1 Å². The van der Waals surface area contributed by atoms with Crippen molar-refractivity contribution in [2.45, 2.75) is 13.0 Å². The standard InChI is InChI=1S/C19H23N3O5S/c1-2-25-18(23)16-13(10-22-5-7-28-8-6-22)20-19(24)21-17(16)12-3-4-14-15(9-12)27-11-26-14/h3-4,9,17H,2,5-8,10-11H2,1H3,(H2,20,21,24)/t17-/m1/s1. The quantitative estimate of drug-likeness (QED) is 0.720. The van der Waals surface area contributed by atoms with Gasteiger partial charge in [-0.2, -0.15) is 11.8 Å². The molecular formula is C19H23N3O5S. The number of carbonyl (C=O) groups is 2. The molecule has 0 spiro atoms. The number of nitrogens with one attached hydrogen (secondary N) is 2. The van der Waals surface area contributed by atoms with Gasteiger partial charge in [-0.1, -0.05) is 6.07 Å². The lowest BCUT2D eigenvalue weighted by atomic mass is 9.94. The van der Waals surface area contributed by atoms with Crippen LogP contribution in [0, 0.1) is 0 Å². The first-order valence-electron chi connectivity index (χ1n) is 9.33. The maximum absolute atomic E-state index is 12.8. The molecule has 1 fully saturated rings. The monoisotopic (exact) mass is 405 g/mol. The summed E-state index contributed by atoms with van der Waals surface area (Å²) in [5.41, 5.74) is 1.77. The summed E-state index contributed by atoms with van der Waals surface area (Å²) >= 11 is 1.91. The second-order valence-corrected chi connectivity index (χ2v) is 7.87. The van der Waals surface area contributed by atoms with E-state index in [0.717, 1.165) is 30.2 Å². The Bertz CT molecular complexity index is 807. The zero-order valence-corrected chi connectivity index (χ0v) is 16.5. The number of carbonyl (C=O) groups excluding carboxylic acids is 2. The Labute approximate surface area is 167 Å². The molecule has 0 aromatic heterocycles. The highest BCUT2D eigenvalue weighted by molar-refractivity contribution is 7.99. The van der Waals surface area contributed by atoms with Crippen LogP contribution in [0.15, 0.2) is 29.5 Å². The minimum Gasteiger partial charge on any atom is -0.463 e. The Morgan fingerprint density at radius 1 is 1.29 bits per heavy atom. The maximum Gasteiger partial charge on any atom is 0.338 e. The average molecular weight is 405 g/mol. The molecule has 150 valence electrons. The number of nitrogens with zero attached hydrogens (tertiary/aromatic N) is 1. The van der Waals surface area contributed by atoms with Gasteiger partial charge in [0, 0.05) is 36.8 Å². The number of fused-ring (bicyclic) bond motifs is 1. The van der Waals surface area contributed by atoms with Crippen molar-refractivity contribution in [3.63, 3.8) is 0 Å². The van der Waals surface area contributed by atoms with E-state index in [0.29, 0.717) is 29.3 Å². The van der Waals surface area contributed by atoms with E-state index >= 15 is 0 Å². The van der Waals surface area contributed by atoms with Gasteiger partial charge in [0.15, 0.2) is 11.5 Å². The Hall–Kier alpha value is -2.39. The highest BCUT2D eigenvalue weighted by atomic mass is 32.2. The third kappa shape index (κ3) is 3.90. The van der Waals surface area contributed by atoms with Crippen LogP contribution in [0.1, 0.15) is 18.5 Å². The first-order chi connectivity index (χ1) is 13.7. The number of amides is 2. The van der Waals surface area contributed by atoms with Crippen molar-refractivity contribution in [3.05, 3.63) is 35.0 Å². The Morgan fingerprint density at radius 2 is 2.07 bits per heavy atom. The zero-order chi connectivity index (χ0) is 19.5. The minimum absolute atomic E-state index is 0.163. The summed E-state index contributed by atoms with van der Waals surface area (Å²) in [6.45, 7) is 4.53. The fourth-order valence-electron chi connectivity index (χ4n) is 3.52. The second kappa shape index (κ2) is 8.32. The first kappa shape index (κ1) is 18.9. The number of hydrogen-bond donors (Lipinski definition) is 2. The number of urea groups is 1. The van der Waals surface area contributed by atoms with Gasteiger partial charge in [0.1, 0.15) is 0 Å².